The Bertz CT molecular complexity index is 1390. The Morgan fingerprint density at radius 3 is 2.32 bits per heavy atom. The molecular weight excluding hydrogens is 490 g/mol. The van der Waals surface area contributed by atoms with Crippen molar-refractivity contribution in [2.45, 2.75) is 51.3 Å². The van der Waals surface area contributed by atoms with Gasteiger partial charge >= 0.3 is 0 Å². The lowest BCUT2D eigenvalue weighted by atomic mass is 10.1. The van der Waals surface area contributed by atoms with Crippen LogP contribution in [0, 0.1) is 11.8 Å². The summed E-state index contributed by atoms with van der Waals surface area (Å²) in [6.45, 7) is 9.95. The number of nitrogens with zero attached hydrogens (tertiary/aromatic N) is 1. The molecule has 0 unspecified atom stereocenters. The summed E-state index contributed by atoms with van der Waals surface area (Å²) in [4.78, 5) is 27.3. The van der Waals surface area contributed by atoms with Crippen LogP contribution < -0.4 is 10.6 Å². The summed E-state index contributed by atoms with van der Waals surface area (Å²) in [7, 11) is 0. The van der Waals surface area contributed by atoms with Crippen LogP contribution in [-0.2, 0) is 12.3 Å². The topological polar surface area (TPSA) is 63.1 Å². The van der Waals surface area contributed by atoms with Gasteiger partial charge in [0.2, 0.25) is 0 Å². The zero-order chi connectivity index (χ0) is 27.1. The van der Waals surface area contributed by atoms with Gasteiger partial charge in [-0.1, -0.05) is 70.2 Å². The molecule has 0 saturated heterocycles. The molecule has 1 heterocycles. The van der Waals surface area contributed by atoms with Gasteiger partial charge in [-0.3, -0.25) is 9.59 Å². The number of rotatable bonds is 11. The summed E-state index contributed by atoms with van der Waals surface area (Å²) >= 11 is 1.66. The van der Waals surface area contributed by atoms with E-state index in [9.17, 15) is 9.59 Å². The first-order valence-electron chi connectivity index (χ1n) is 13.3. The van der Waals surface area contributed by atoms with Crippen molar-refractivity contribution in [3.05, 3.63) is 95.7 Å². The Labute approximate surface area is 230 Å². The van der Waals surface area contributed by atoms with Crippen LogP contribution in [0.25, 0.3) is 10.9 Å². The maximum Gasteiger partial charge on any atom is 0.267 e. The molecule has 1 aromatic heterocycles. The van der Waals surface area contributed by atoms with Crippen LogP contribution in [-0.4, -0.2) is 22.9 Å². The molecule has 0 atom stereocenters. The van der Waals surface area contributed by atoms with Gasteiger partial charge in [-0.25, -0.2) is 0 Å². The van der Waals surface area contributed by atoms with Crippen molar-refractivity contribution in [2.24, 2.45) is 11.8 Å². The van der Waals surface area contributed by atoms with Crippen LogP contribution in [0.4, 0.5) is 5.69 Å². The summed E-state index contributed by atoms with van der Waals surface area (Å²) in [5.41, 5.74) is 4.23. The molecule has 38 heavy (non-hydrogen) atoms. The first-order valence-corrected chi connectivity index (χ1v) is 14.3. The van der Waals surface area contributed by atoms with Crippen molar-refractivity contribution < 1.29 is 9.59 Å². The van der Waals surface area contributed by atoms with E-state index >= 15 is 0 Å². The van der Waals surface area contributed by atoms with Crippen molar-refractivity contribution in [3.8, 4) is 0 Å². The standard InChI is InChI=1S/C32H37N3O2S/c1-22(2)16-17-35-28-15-14-26(18-25(28)19-29(35)32(37)33-20-23(3)4)34-31(36)27-12-8-9-13-30(27)38-21-24-10-6-5-7-11-24/h5-15,18-19,22-23H,16-17,20-21H2,1-4H3,(H,33,37)(H,34,36). The predicted octanol–water partition coefficient (Wildman–Crippen LogP) is 7.62. The fraction of sp³-hybridized carbons (Fsp3) is 0.312. The molecule has 0 aliphatic heterocycles. The lowest BCUT2D eigenvalue weighted by Crippen LogP contribution is -2.29. The van der Waals surface area contributed by atoms with Gasteiger partial charge < -0.3 is 15.2 Å². The molecule has 4 aromatic rings. The van der Waals surface area contributed by atoms with Crippen LogP contribution in [0.15, 0.2) is 83.8 Å². The molecule has 0 aliphatic rings. The van der Waals surface area contributed by atoms with Crippen LogP contribution >= 0.6 is 11.8 Å². The fourth-order valence-electron chi connectivity index (χ4n) is 4.27. The summed E-state index contributed by atoms with van der Waals surface area (Å²) in [6, 6.07) is 25.8. The number of thioether (sulfide) groups is 1. The Morgan fingerprint density at radius 1 is 0.842 bits per heavy atom. The molecule has 0 radical (unpaired) electrons. The zero-order valence-corrected chi connectivity index (χ0v) is 23.5. The number of nitrogens with one attached hydrogen (secondary N) is 2. The molecule has 3 aromatic carbocycles. The molecule has 5 nitrogen and oxygen atoms in total. The van der Waals surface area contributed by atoms with Crippen molar-refractivity contribution in [1.29, 1.82) is 0 Å². The fourth-order valence-corrected chi connectivity index (χ4v) is 5.27. The van der Waals surface area contributed by atoms with Gasteiger partial charge in [-0.05, 0) is 60.2 Å². The van der Waals surface area contributed by atoms with Crippen molar-refractivity contribution >= 4 is 40.2 Å². The third-order valence-electron chi connectivity index (χ3n) is 6.36. The lowest BCUT2D eigenvalue weighted by Gasteiger charge is -2.14. The van der Waals surface area contributed by atoms with Crippen LogP contribution in [0.2, 0.25) is 0 Å². The summed E-state index contributed by atoms with van der Waals surface area (Å²) in [6.07, 6.45) is 0.976. The Balaban J connectivity index is 1.55. The minimum atomic E-state index is -0.144. The van der Waals surface area contributed by atoms with Crippen LogP contribution in [0.5, 0.6) is 0 Å². The summed E-state index contributed by atoms with van der Waals surface area (Å²) in [5, 5.41) is 7.07. The molecule has 4 rings (SSSR count). The highest BCUT2D eigenvalue weighted by molar-refractivity contribution is 7.98. The average molecular weight is 528 g/mol. The number of carbonyl (C=O) groups is 2. The average Bonchev–Trinajstić information content (AvgIpc) is 3.27. The number of anilines is 1. The quantitative estimate of drug-likeness (QED) is 0.197. The number of aromatic nitrogens is 1. The van der Waals surface area contributed by atoms with Gasteiger partial charge in [0.05, 0.1) is 5.56 Å². The highest BCUT2D eigenvalue weighted by Crippen LogP contribution is 2.29. The van der Waals surface area contributed by atoms with Gasteiger partial charge in [0, 0.05) is 40.3 Å². The van der Waals surface area contributed by atoms with E-state index in [0.717, 1.165) is 34.5 Å². The number of hydrogen-bond acceptors (Lipinski definition) is 3. The number of benzene rings is 3. The SMILES string of the molecule is CC(C)CCn1c(C(=O)NCC(C)C)cc2cc(NC(=O)c3ccccc3SCc3ccccc3)ccc21. The van der Waals surface area contributed by atoms with Gasteiger partial charge in [-0.2, -0.15) is 0 Å². The van der Waals surface area contributed by atoms with E-state index in [0.29, 0.717) is 35.3 Å². The smallest absolute Gasteiger partial charge is 0.267 e. The first kappa shape index (κ1) is 27.5. The molecule has 198 valence electrons. The van der Waals surface area contributed by atoms with Crippen molar-refractivity contribution in [1.82, 2.24) is 9.88 Å². The Kier molecular flexibility index (Phi) is 9.29. The van der Waals surface area contributed by atoms with E-state index < -0.39 is 0 Å². The van der Waals surface area contributed by atoms with E-state index in [2.05, 4.69) is 55.0 Å². The van der Waals surface area contributed by atoms with Gasteiger partial charge in [0.25, 0.3) is 11.8 Å². The number of hydrogen-bond donors (Lipinski definition) is 2. The Morgan fingerprint density at radius 2 is 1.58 bits per heavy atom. The molecule has 2 N–H and O–H groups in total. The maximum absolute atomic E-state index is 13.3. The lowest BCUT2D eigenvalue weighted by molar-refractivity contribution is 0.0939. The first-order chi connectivity index (χ1) is 18.3. The van der Waals surface area contributed by atoms with Crippen molar-refractivity contribution in [3.63, 3.8) is 0 Å². The monoisotopic (exact) mass is 527 g/mol. The largest absolute Gasteiger partial charge is 0.351 e. The molecule has 2 amide bonds. The highest BCUT2D eigenvalue weighted by atomic mass is 32.2. The van der Waals surface area contributed by atoms with Gasteiger partial charge in [0.15, 0.2) is 0 Å². The molecule has 0 bridgehead atoms. The number of fused-ring (bicyclic) bond motifs is 1. The number of aryl methyl sites for hydroxylation is 1. The van der Waals surface area contributed by atoms with E-state index in [1.807, 2.05) is 66.7 Å². The number of carbonyl (C=O) groups excluding carboxylic acids is 2. The second-order valence-electron chi connectivity index (χ2n) is 10.5. The molecule has 0 aliphatic carbocycles. The Hall–Kier alpha value is -3.51. The van der Waals surface area contributed by atoms with Crippen molar-refractivity contribution in [2.75, 3.05) is 11.9 Å². The van der Waals surface area contributed by atoms with Crippen LogP contribution in [0.1, 0.15) is 60.5 Å². The molecule has 0 spiro atoms. The minimum Gasteiger partial charge on any atom is -0.351 e. The molecule has 0 saturated carbocycles. The van der Waals surface area contributed by atoms with Gasteiger partial charge in [-0.15, -0.1) is 11.8 Å². The normalized spacial score (nSPS) is 11.3. The predicted molar refractivity (Wildman–Crippen MR) is 159 cm³/mol. The maximum atomic E-state index is 13.3. The third-order valence-corrected chi connectivity index (χ3v) is 7.51. The van der Waals surface area contributed by atoms with E-state index in [4.69, 9.17) is 0 Å². The highest BCUT2D eigenvalue weighted by Gasteiger charge is 2.18. The van der Waals surface area contributed by atoms with E-state index in [1.54, 1.807) is 11.8 Å². The summed E-state index contributed by atoms with van der Waals surface area (Å²) in [5.74, 6) is 1.49. The van der Waals surface area contributed by atoms with Crippen LogP contribution in [0.3, 0.4) is 0 Å². The third kappa shape index (κ3) is 7.07. The van der Waals surface area contributed by atoms with E-state index in [1.165, 1.54) is 5.56 Å². The second kappa shape index (κ2) is 12.8. The number of amides is 2. The minimum absolute atomic E-state index is 0.0615. The van der Waals surface area contributed by atoms with Gasteiger partial charge in [0.1, 0.15) is 5.69 Å². The molecule has 0 fully saturated rings. The second-order valence-corrected chi connectivity index (χ2v) is 11.5. The van der Waals surface area contributed by atoms with E-state index in [-0.39, 0.29) is 11.8 Å². The molecule has 6 heteroatoms. The molecular formula is C32H37N3O2S. The summed E-state index contributed by atoms with van der Waals surface area (Å²) < 4.78 is 2.10. The zero-order valence-electron chi connectivity index (χ0n) is 22.7.